The zero-order valence-corrected chi connectivity index (χ0v) is 18.0. The largest absolute Gasteiger partial charge is 0.476 e. The summed E-state index contributed by atoms with van der Waals surface area (Å²) in [5, 5.41) is 0.945. The number of esters is 3. The molecule has 0 radical (unpaired) electrons. The highest BCUT2D eigenvalue weighted by Gasteiger charge is 2.47. The lowest BCUT2D eigenvalue weighted by atomic mass is 10.1. The summed E-state index contributed by atoms with van der Waals surface area (Å²) in [6.45, 7) is 5.70. The smallest absolute Gasteiger partial charge is 0.303 e. The minimum Gasteiger partial charge on any atom is -0.476 e. The summed E-state index contributed by atoms with van der Waals surface area (Å²) in [4.78, 5) is 39.2. The van der Waals surface area contributed by atoms with Crippen molar-refractivity contribution in [1.29, 1.82) is 0 Å². The molecule has 1 aliphatic heterocycles. The quantitative estimate of drug-likeness (QED) is 0.514. The first kappa shape index (κ1) is 21.4. The van der Waals surface area contributed by atoms with E-state index in [2.05, 4.69) is 4.98 Å². The molecular formula is C19H21NO7S2. The summed E-state index contributed by atoms with van der Waals surface area (Å²) >= 11 is 2.87. The Hall–Kier alpha value is -2.33. The summed E-state index contributed by atoms with van der Waals surface area (Å²) in [7, 11) is 0. The molecule has 0 bridgehead atoms. The number of thiazole rings is 1. The number of nitrogens with zero attached hydrogens (tertiary/aromatic N) is 1. The van der Waals surface area contributed by atoms with Crippen molar-refractivity contribution in [2.45, 2.75) is 51.4 Å². The fraction of sp³-hybridized carbons (Fsp3) is 0.474. The molecule has 10 heteroatoms. The molecule has 0 aliphatic carbocycles. The van der Waals surface area contributed by atoms with E-state index in [0.29, 0.717) is 11.5 Å². The Labute approximate surface area is 175 Å². The minimum absolute atomic E-state index is 0.321. The standard InChI is InChI=1S/C19H21NO7S2/c1-9-20-14-6-5-13(7-16(14)29-9)27-19-18(26-12(4)23)17(25-11(3)22)15(8-28-19)24-10(2)21/h5-7,15,17-19H,8H2,1-4H3/t15-,17+,18-,19+/m1/s1. The number of benzene rings is 1. The maximum absolute atomic E-state index is 11.7. The van der Waals surface area contributed by atoms with Gasteiger partial charge in [-0.2, -0.15) is 0 Å². The topological polar surface area (TPSA) is 101 Å². The van der Waals surface area contributed by atoms with Crippen LogP contribution in [0.25, 0.3) is 10.2 Å². The second-order valence-corrected chi connectivity index (χ2v) is 8.84. The van der Waals surface area contributed by atoms with Crippen LogP contribution in [0.4, 0.5) is 0 Å². The SMILES string of the molecule is CC(=O)O[C@@H]1[C@@H](OC(C)=O)[C@@H](Oc2ccc3nc(C)sc3c2)SC[C@H]1OC(C)=O. The second kappa shape index (κ2) is 9.00. The van der Waals surface area contributed by atoms with E-state index in [1.54, 1.807) is 17.4 Å². The van der Waals surface area contributed by atoms with Crippen LogP contribution in [0.2, 0.25) is 0 Å². The fourth-order valence-corrected chi connectivity index (χ4v) is 5.11. The van der Waals surface area contributed by atoms with Crippen LogP contribution in [-0.4, -0.2) is 52.4 Å². The first-order valence-corrected chi connectivity index (χ1v) is 10.8. The van der Waals surface area contributed by atoms with Crippen molar-refractivity contribution in [2.24, 2.45) is 0 Å². The van der Waals surface area contributed by atoms with Crippen LogP contribution in [0, 0.1) is 6.92 Å². The van der Waals surface area contributed by atoms with Crippen LogP contribution in [-0.2, 0) is 28.6 Å². The van der Waals surface area contributed by atoms with Gasteiger partial charge in [0.1, 0.15) is 5.75 Å². The molecule has 1 aromatic heterocycles. The van der Waals surface area contributed by atoms with E-state index in [1.165, 1.54) is 32.5 Å². The molecule has 8 nitrogen and oxygen atoms in total. The third-order valence-corrected chi connectivity index (χ3v) is 6.17. The fourth-order valence-electron chi connectivity index (χ4n) is 3.04. The number of hydrogen-bond acceptors (Lipinski definition) is 10. The summed E-state index contributed by atoms with van der Waals surface area (Å²) in [6.07, 6.45) is -2.67. The van der Waals surface area contributed by atoms with Crippen molar-refractivity contribution in [1.82, 2.24) is 4.98 Å². The van der Waals surface area contributed by atoms with Gasteiger partial charge >= 0.3 is 17.9 Å². The van der Waals surface area contributed by atoms with Crippen LogP contribution in [0.1, 0.15) is 25.8 Å². The third-order valence-electron chi connectivity index (χ3n) is 4.02. The monoisotopic (exact) mass is 439 g/mol. The van der Waals surface area contributed by atoms with E-state index in [9.17, 15) is 14.4 Å². The predicted octanol–water partition coefficient (Wildman–Crippen LogP) is 2.85. The van der Waals surface area contributed by atoms with Gasteiger partial charge in [0.2, 0.25) is 0 Å². The van der Waals surface area contributed by atoms with Crippen molar-refractivity contribution in [3.8, 4) is 5.75 Å². The first-order valence-electron chi connectivity index (χ1n) is 8.90. The number of thioether (sulfide) groups is 1. The number of carbonyl (C=O) groups excluding carboxylic acids is 3. The van der Waals surface area contributed by atoms with Gasteiger partial charge < -0.3 is 18.9 Å². The number of aromatic nitrogens is 1. The van der Waals surface area contributed by atoms with Crippen molar-refractivity contribution in [3.63, 3.8) is 0 Å². The number of aryl methyl sites for hydroxylation is 1. The maximum atomic E-state index is 11.7. The number of ether oxygens (including phenoxy) is 4. The molecule has 156 valence electrons. The predicted molar refractivity (Wildman–Crippen MR) is 108 cm³/mol. The first-order chi connectivity index (χ1) is 13.7. The molecule has 0 N–H and O–H groups in total. The molecule has 0 saturated carbocycles. The molecule has 2 aromatic rings. The van der Waals surface area contributed by atoms with Gasteiger partial charge in [0.25, 0.3) is 0 Å². The highest BCUT2D eigenvalue weighted by molar-refractivity contribution is 7.99. The van der Waals surface area contributed by atoms with E-state index >= 15 is 0 Å². The van der Waals surface area contributed by atoms with E-state index in [0.717, 1.165) is 15.2 Å². The van der Waals surface area contributed by atoms with Crippen LogP contribution >= 0.6 is 23.1 Å². The Morgan fingerprint density at radius 3 is 2.31 bits per heavy atom. The van der Waals surface area contributed by atoms with Crippen LogP contribution < -0.4 is 4.74 Å². The summed E-state index contributed by atoms with van der Waals surface area (Å²) in [5.41, 5.74) is 0.224. The van der Waals surface area contributed by atoms with Gasteiger partial charge in [-0.05, 0) is 25.1 Å². The lowest BCUT2D eigenvalue weighted by Crippen LogP contribution is -2.55. The molecular weight excluding hydrogens is 418 g/mol. The maximum Gasteiger partial charge on any atom is 0.303 e. The highest BCUT2D eigenvalue weighted by atomic mass is 32.2. The van der Waals surface area contributed by atoms with E-state index in [1.807, 2.05) is 19.1 Å². The summed E-state index contributed by atoms with van der Waals surface area (Å²) in [6, 6.07) is 5.50. The molecule has 1 aromatic carbocycles. The van der Waals surface area contributed by atoms with Crippen molar-refractivity contribution >= 4 is 51.2 Å². The lowest BCUT2D eigenvalue weighted by Gasteiger charge is -2.39. The highest BCUT2D eigenvalue weighted by Crippen LogP contribution is 2.35. The molecule has 0 spiro atoms. The van der Waals surface area contributed by atoms with Gasteiger partial charge in [-0.3, -0.25) is 14.4 Å². The summed E-state index contributed by atoms with van der Waals surface area (Å²) < 4.78 is 23.1. The van der Waals surface area contributed by atoms with Crippen LogP contribution in [0.3, 0.4) is 0 Å². The molecule has 2 heterocycles. The zero-order valence-electron chi connectivity index (χ0n) is 16.4. The van der Waals surface area contributed by atoms with Crippen molar-refractivity contribution in [2.75, 3.05) is 5.75 Å². The van der Waals surface area contributed by atoms with E-state index < -0.39 is 41.7 Å². The number of carbonyl (C=O) groups is 3. The molecule has 0 unspecified atom stereocenters. The number of hydrogen-bond donors (Lipinski definition) is 0. The average Bonchev–Trinajstić information content (AvgIpc) is 2.98. The average molecular weight is 440 g/mol. The Morgan fingerprint density at radius 1 is 1.00 bits per heavy atom. The third kappa shape index (κ3) is 5.39. The van der Waals surface area contributed by atoms with Gasteiger partial charge in [-0.25, -0.2) is 4.98 Å². The molecule has 1 saturated heterocycles. The van der Waals surface area contributed by atoms with Crippen molar-refractivity contribution < 1.29 is 33.3 Å². The Balaban J connectivity index is 1.87. The molecule has 1 fully saturated rings. The number of fused-ring (bicyclic) bond motifs is 1. The molecule has 3 rings (SSSR count). The Kier molecular flexibility index (Phi) is 6.63. The Bertz CT molecular complexity index is 928. The van der Waals surface area contributed by atoms with Gasteiger partial charge in [0, 0.05) is 26.5 Å². The van der Waals surface area contributed by atoms with Gasteiger partial charge in [-0.1, -0.05) is 0 Å². The van der Waals surface area contributed by atoms with Gasteiger partial charge in [0.15, 0.2) is 23.7 Å². The molecule has 29 heavy (non-hydrogen) atoms. The van der Waals surface area contributed by atoms with Crippen LogP contribution in [0.15, 0.2) is 18.2 Å². The minimum atomic E-state index is -0.971. The van der Waals surface area contributed by atoms with E-state index in [-0.39, 0.29) is 0 Å². The normalized spacial score (nSPS) is 24.0. The van der Waals surface area contributed by atoms with Gasteiger partial charge in [0.05, 0.1) is 15.2 Å². The summed E-state index contributed by atoms with van der Waals surface area (Å²) in [5.74, 6) is -0.750. The van der Waals surface area contributed by atoms with Gasteiger partial charge in [-0.15, -0.1) is 23.1 Å². The molecule has 0 amide bonds. The lowest BCUT2D eigenvalue weighted by molar-refractivity contribution is -0.186. The Morgan fingerprint density at radius 2 is 1.66 bits per heavy atom. The zero-order chi connectivity index (χ0) is 21.1. The number of rotatable bonds is 5. The van der Waals surface area contributed by atoms with E-state index in [4.69, 9.17) is 18.9 Å². The molecule has 1 aliphatic rings. The van der Waals surface area contributed by atoms with Crippen LogP contribution in [0.5, 0.6) is 5.75 Å². The second-order valence-electron chi connectivity index (χ2n) is 6.48. The van der Waals surface area contributed by atoms with Crippen molar-refractivity contribution in [3.05, 3.63) is 23.2 Å². The molecule has 4 atom stereocenters.